The van der Waals surface area contributed by atoms with Gasteiger partial charge in [-0.15, -0.1) is 11.3 Å². The Labute approximate surface area is 112 Å². The van der Waals surface area contributed by atoms with Gasteiger partial charge in [-0.25, -0.2) is 0 Å². The second kappa shape index (κ2) is 7.46. The highest BCUT2D eigenvalue weighted by Gasteiger charge is 2.12. The van der Waals surface area contributed by atoms with Gasteiger partial charge in [0.15, 0.2) is 0 Å². The lowest BCUT2D eigenvalue weighted by Gasteiger charge is -2.20. The van der Waals surface area contributed by atoms with E-state index in [1.165, 1.54) is 22.2 Å². The van der Waals surface area contributed by atoms with Gasteiger partial charge in [0.25, 0.3) is 0 Å². The summed E-state index contributed by atoms with van der Waals surface area (Å²) in [5.74, 6) is 0.812. The SMILES string of the molecule is CCNC(Cc1cc(Br)cs1)CC(C)CC. The summed E-state index contributed by atoms with van der Waals surface area (Å²) in [5, 5.41) is 5.77. The fourth-order valence-corrected chi connectivity index (χ4v) is 3.42. The van der Waals surface area contributed by atoms with Crippen LogP contribution >= 0.6 is 27.3 Å². The lowest BCUT2D eigenvalue weighted by Crippen LogP contribution is -2.32. The van der Waals surface area contributed by atoms with Crippen molar-refractivity contribution in [1.29, 1.82) is 0 Å². The Hall–Kier alpha value is 0.140. The molecule has 0 radical (unpaired) electrons. The molecule has 0 saturated heterocycles. The summed E-state index contributed by atoms with van der Waals surface area (Å²) in [4.78, 5) is 1.47. The zero-order valence-corrected chi connectivity index (χ0v) is 12.8. The zero-order valence-electron chi connectivity index (χ0n) is 10.4. The van der Waals surface area contributed by atoms with Crippen molar-refractivity contribution in [3.05, 3.63) is 20.8 Å². The second-order valence-electron chi connectivity index (χ2n) is 4.44. The summed E-state index contributed by atoms with van der Waals surface area (Å²) < 4.78 is 1.21. The highest BCUT2D eigenvalue weighted by Crippen LogP contribution is 2.22. The maximum absolute atomic E-state index is 3.60. The molecule has 16 heavy (non-hydrogen) atoms. The molecule has 0 aliphatic carbocycles. The fraction of sp³-hybridized carbons (Fsp3) is 0.692. The Morgan fingerprint density at radius 1 is 1.44 bits per heavy atom. The lowest BCUT2D eigenvalue weighted by atomic mass is 9.97. The van der Waals surface area contributed by atoms with E-state index in [9.17, 15) is 0 Å². The molecule has 1 rings (SSSR count). The van der Waals surface area contributed by atoms with Gasteiger partial charge in [0, 0.05) is 20.8 Å². The van der Waals surface area contributed by atoms with Gasteiger partial charge in [-0.1, -0.05) is 27.2 Å². The van der Waals surface area contributed by atoms with Crippen molar-refractivity contribution < 1.29 is 0 Å². The predicted molar refractivity (Wildman–Crippen MR) is 77.3 cm³/mol. The van der Waals surface area contributed by atoms with Crippen LogP contribution in [-0.4, -0.2) is 12.6 Å². The molecular formula is C13H22BrNS. The summed E-state index contributed by atoms with van der Waals surface area (Å²) in [6, 6.07) is 2.87. The van der Waals surface area contributed by atoms with Crippen LogP contribution in [0.1, 0.15) is 38.5 Å². The molecule has 0 aliphatic heterocycles. The van der Waals surface area contributed by atoms with Crippen LogP contribution < -0.4 is 5.32 Å². The number of rotatable bonds is 7. The zero-order chi connectivity index (χ0) is 12.0. The van der Waals surface area contributed by atoms with Gasteiger partial charge in [0.05, 0.1) is 0 Å². The van der Waals surface area contributed by atoms with Crippen LogP contribution in [0.4, 0.5) is 0 Å². The minimum absolute atomic E-state index is 0.630. The molecule has 92 valence electrons. The van der Waals surface area contributed by atoms with Gasteiger partial charge in [0.2, 0.25) is 0 Å². The minimum Gasteiger partial charge on any atom is -0.314 e. The molecule has 0 bridgehead atoms. The summed E-state index contributed by atoms with van der Waals surface area (Å²) in [6.45, 7) is 7.87. The van der Waals surface area contributed by atoms with Crippen molar-refractivity contribution in [3.8, 4) is 0 Å². The van der Waals surface area contributed by atoms with Gasteiger partial charge in [-0.05, 0) is 47.3 Å². The first-order chi connectivity index (χ1) is 7.65. The third-order valence-electron chi connectivity index (χ3n) is 2.95. The molecule has 0 spiro atoms. The van der Waals surface area contributed by atoms with E-state index in [0.29, 0.717) is 6.04 Å². The quantitative estimate of drug-likeness (QED) is 0.784. The summed E-state index contributed by atoms with van der Waals surface area (Å²) in [5.41, 5.74) is 0. The second-order valence-corrected chi connectivity index (χ2v) is 6.35. The van der Waals surface area contributed by atoms with E-state index >= 15 is 0 Å². The highest BCUT2D eigenvalue weighted by atomic mass is 79.9. The van der Waals surface area contributed by atoms with Gasteiger partial charge in [-0.3, -0.25) is 0 Å². The Bertz CT molecular complexity index is 298. The molecule has 1 nitrogen and oxygen atoms in total. The summed E-state index contributed by atoms with van der Waals surface area (Å²) in [7, 11) is 0. The maximum atomic E-state index is 3.60. The van der Waals surface area contributed by atoms with Crippen molar-refractivity contribution in [2.45, 2.75) is 46.1 Å². The third kappa shape index (κ3) is 4.98. The molecule has 0 saturated carbocycles. The minimum atomic E-state index is 0.630. The van der Waals surface area contributed by atoms with Gasteiger partial charge < -0.3 is 5.32 Å². The molecule has 0 amide bonds. The molecule has 0 fully saturated rings. The lowest BCUT2D eigenvalue weighted by molar-refractivity contribution is 0.398. The number of thiophene rings is 1. The Kier molecular flexibility index (Phi) is 6.62. The standard InChI is InChI=1S/C13H22BrNS/c1-4-10(3)6-12(15-5-2)8-13-7-11(14)9-16-13/h7,9-10,12,15H,4-6,8H2,1-3H3. The van der Waals surface area contributed by atoms with Crippen LogP contribution in [0.15, 0.2) is 15.9 Å². The first kappa shape index (κ1) is 14.2. The van der Waals surface area contributed by atoms with Gasteiger partial charge in [-0.2, -0.15) is 0 Å². The Balaban J connectivity index is 2.50. The van der Waals surface area contributed by atoms with E-state index in [4.69, 9.17) is 0 Å². The molecule has 1 heterocycles. The number of halogens is 1. The van der Waals surface area contributed by atoms with Crippen LogP contribution in [0, 0.1) is 5.92 Å². The van der Waals surface area contributed by atoms with E-state index in [0.717, 1.165) is 18.9 Å². The van der Waals surface area contributed by atoms with E-state index in [1.807, 2.05) is 11.3 Å². The average molecular weight is 304 g/mol. The molecule has 1 aromatic rings. The van der Waals surface area contributed by atoms with E-state index < -0.39 is 0 Å². The van der Waals surface area contributed by atoms with Gasteiger partial charge in [0.1, 0.15) is 0 Å². The monoisotopic (exact) mass is 303 g/mol. The Morgan fingerprint density at radius 3 is 2.69 bits per heavy atom. The maximum Gasteiger partial charge on any atom is 0.0285 e. The van der Waals surface area contributed by atoms with Crippen LogP contribution in [0.5, 0.6) is 0 Å². The topological polar surface area (TPSA) is 12.0 Å². The van der Waals surface area contributed by atoms with Crippen molar-refractivity contribution in [2.24, 2.45) is 5.92 Å². The smallest absolute Gasteiger partial charge is 0.0285 e. The normalized spacial score (nSPS) is 15.0. The molecule has 2 atom stereocenters. The van der Waals surface area contributed by atoms with Crippen molar-refractivity contribution in [3.63, 3.8) is 0 Å². The van der Waals surface area contributed by atoms with Gasteiger partial charge >= 0.3 is 0 Å². The van der Waals surface area contributed by atoms with Crippen molar-refractivity contribution >= 4 is 27.3 Å². The number of hydrogen-bond donors (Lipinski definition) is 1. The molecule has 1 N–H and O–H groups in total. The first-order valence-electron chi connectivity index (χ1n) is 6.12. The number of nitrogens with one attached hydrogen (secondary N) is 1. The van der Waals surface area contributed by atoms with Crippen molar-refractivity contribution in [2.75, 3.05) is 6.54 Å². The van der Waals surface area contributed by atoms with Crippen LogP contribution in [0.25, 0.3) is 0 Å². The fourth-order valence-electron chi connectivity index (χ4n) is 1.88. The molecule has 2 unspecified atom stereocenters. The van der Waals surface area contributed by atoms with Crippen LogP contribution in [0.2, 0.25) is 0 Å². The molecular weight excluding hydrogens is 282 g/mol. The molecule has 1 aromatic heterocycles. The van der Waals surface area contributed by atoms with E-state index in [-0.39, 0.29) is 0 Å². The predicted octanol–water partition coefficient (Wildman–Crippen LogP) is 4.47. The molecule has 0 aromatic carbocycles. The van der Waals surface area contributed by atoms with Crippen molar-refractivity contribution in [1.82, 2.24) is 5.32 Å². The number of hydrogen-bond acceptors (Lipinski definition) is 2. The van der Waals surface area contributed by atoms with E-state index in [2.05, 4.69) is 53.5 Å². The first-order valence-corrected chi connectivity index (χ1v) is 7.79. The van der Waals surface area contributed by atoms with Crippen LogP contribution in [-0.2, 0) is 6.42 Å². The van der Waals surface area contributed by atoms with Crippen LogP contribution in [0.3, 0.4) is 0 Å². The summed E-state index contributed by atoms with van der Waals surface area (Å²) in [6.07, 6.45) is 3.71. The average Bonchev–Trinajstić information content (AvgIpc) is 2.64. The van der Waals surface area contributed by atoms with E-state index in [1.54, 1.807) is 0 Å². The molecule has 3 heteroatoms. The highest BCUT2D eigenvalue weighted by molar-refractivity contribution is 9.10. The summed E-state index contributed by atoms with van der Waals surface area (Å²) >= 11 is 5.37. The third-order valence-corrected chi connectivity index (χ3v) is 4.67. The largest absolute Gasteiger partial charge is 0.314 e. The number of likely N-dealkylation sites (N-methyl/N-ethyl adjacent to an activating group) is 1. The Morgan fingerprint density at radius 2 is 2.19 bits per heavy atom. The molecule has 0 aliphatic rings.